The van der Waals surface area contributed by atoms with Crippen LogP contribution >= 0.6 is 0 Å². The molecular weight excluding hydrogens is 262 g/mol. The summed E-state index contributed by atoms with van der Waals surface area (Å²) in [5.74, 6) is -0.467. The van der Waals surface area contributed by atoms with Crippen LogP contribution in [0.25, 0.3) is 0 Å². The second-order valence-corrected chi connectivity index (χ2v) is 4.75. The highest BCUT2D eigenvalue weighted by Gasteiger charge is 2.35. The highest BCUT2D eigenvalue weighted by molar-refractivity contribution is 5.86. The maximum atomic E-state index is 12.2. The number of carboxylic acids is 1. The molecule has 0 saturated carbocycles. The molecule has 0 aliphatic carbocycles. The Morgan fingerprint density at radius 1 is 1.65 bits per heavy atom. The van der Waals surface area contributed by atoms with Crippen LogP contribution in [-0.4, -0.2) is 51.1 Å². The number of carbonyl (C=O) groups excluding carboxylic acids is 1. The summed E-state index contributed by atoms with van der Waals surface area (Å²) < 4.78 is 7.31. The first-order valence-electron chi connectivity index (χ1n) is 6.69. The monoisotopic (exact) mass is 281 g/mol. The van der Waals surface area contributed by atoms with Gasteiger partial charge in [0, 0.05) is 25.5 Å². The van der Waals surface area contributed by atoms with Crippen LogP contribution < -0.4 is 0 Å². The molecule has 2 heterocycles. The Morgan fingerprint density at radius 2 is 2.40 bits per heavy atom. The number of hydrogen-bond acceptors (Lipinski definition) is 4. The van der Waals surface area contributed by atoms with Gasteiger partial charge in [-0.15, -0.1) is 0 Å². The molecule has 1 aliphatic rings. The molecule has 0 radical (unpaired) electrons. The van der Waals surface area contributed by atoms with E-state index in [9.17, 15) is 9.59 Å². The van der Waals surface area contributed by atoms with Gasteiger partial charge in [0.2, 0.25) is 5.91 Å². The van der Waals surface area contributed by atoms with E-state index in [0.717, 1.165) is 0 Å². The third-order valence-corrected chi connectivity index (χ3v) is 3.41. The zero-order valence-corrected chi connectivity index (χ0v) is 11.7. The van der Waals surface area contributed by atoms with Crippen molar-refractivity contribution in [2.75, 3.05) is 19.7 Å². The van der Waals surface area contributed by atoms with Gasteiger partial charge in [0.1, 0.15) is 24.5 Å². The number of nitrogens with zero attached hydrogens (tertiary/aromatic N) is 3. The summed E-state index contributed by atoms with van der Waals surface area (Å²) >= 11 is 0. The van der Waals surface area contributed by atoms with Crippen molar-refractivity contribution in [1.82, 2.24) is 14.5 Å². The minimum Gasteiger partial charge on any atom is -0.480 e. The number of aromatic nitrogens is 2. The van der Waals surface area contributed by atoms with E-state index < -0.39 is 5.97 Å². The van der Waals surface area contributed by atoms with Crippen molar-refractivity contribution < 1.29 is 19.4 Å². The first-order valence-corrected chi connectivity index (χ1v) is 6.69. The molecule has 1 aromatic rings. The van der Waals surface area contributed by atoms with Gasteiger partial charge < -0.3 is 19.3 Å². The quantitative estimate of drug-likeness (QED) is 0.835. The number of hydrogen-bond donors (Lipinski definition) is 1. The standard InChI is InChI=1S/C13H19N3O4/c1-3-20-9(2)12-14-5-7-16(12)10-4-6-15(13(10)19)8-11(17)18/h5,7,9-10H,3-4,6,8H2,1-2H3,(H,17,18). The van der Waals surface area contributed by atoms with E-state index in [1.807, 2.05) is 13.8 Å². The highest BCUT2D eigenvalue weighted by atomic mass is 16.5. The van der Waals surface area contributed by atoms with Crippen LogP contribution in [0.1, 0.15) is 38.2 Å². The molecule has 1 saturated heterocycles. The van der Waals surface area contributed by atoms with Gasteiger partial charge in [-0.2, -0.15) is 0 Å². The lowest BCUT2D eigenvalue weighted by molar-refractivity contribution is -0.143. The molecule has 7 nitrogen and oxygen atoms in total. The third-order valence-electron chi connectivity index (χ3n) is 3.41. The average molecular weight is 281 g/mol. The SMILES string of the molecule is CCOC(C)c1nccn1C1CCN(CC(=O)O)C1=O. The predicted molar refractivity (Wildman–Crippen MR) is 70.1 cm³/mol. The summed E-state index contributed by atoms with van der Waals surface area (Å²) in [4.78, 5) is 28.6. The normalized spacial score (nSPS) is 20.4. The zero-order chi connectivity index (χ0) is 14.7. The van der Waals surface area contributed by atoms with Crippen molar-refractivity contribution in [3.8, 4) is 0 Å². The van der Waals surface area contributed by atoms with E-state index in [-0.39, 0.29) is 24.6 Å². The van der Waals surface area contributed by atoms with Crippen LogP contribution in [-0.2, 0) is 14.3 Å². The Balaban J connectivity index is 2.15. The van der Waals surface area contributed by atoms with Gasteiger partial charge in [0.15, 0.2) is 0 Å². The van der Waals surface area contributed by atoms with E-state index in [1.165, 1.54) is 4.90 Å². The fourth-order valence-electron chi connectivity index (χ4n) is 2.53. The molecule has 110 valence electrons. The Morgan fingerprint density at radius 3 is 3.05 bits per heavy atom. The fourth-order valence-corrected chi connectivity index (χ4v) is 2.53. The molecule has 1 aliphatic heterocycles. The van der Waals surface area contributed by atoms with Crippen LogP contribution in [0.3, 0.4) is 0 Å². The average Bonchev–Trinajstić information content (AvgIpc) is 2.97. The molecule has 2 atom stereocenters. The highest BCUT2D eigenvalue weighted by Crippen LogP contribution is 2.27. The second kappa shape index (κ2) is 6.04. The number of imidazole rings is 1. The van der Waals surface area contributed by atoms with E-state index in [4.69, 9.17) is 9.84 Å². The summed E-state index contributed by atoms with van der Waals surface area (Å²) in [6.45, 7) is 4.56. The summed E-state index contributed by atoms with van der Waals surface area (Å²) in [6.07, 6.45) is 3.78. The summed E-state index contributed by atoms with van der Waals surface area (Å²) in [5.41, 5.74) is 0. The topological polar surface area (TPSA) is 84.7 Å². The lowest BCUT2D eigenvalue weighted by Gasteiger charge is -2.19. The van der Waals surface area contributed by atoms with Gasteiger partial charge in [-0.3, -0.25) is 9.59 Å². The van der Waals surface area contributed by atoms with Crippen molar-refractivity contribution in [2.45, 2.75) is 32.4 Å². The fraction of sp³-hybridized carbons (Fsp3) is 0.615. The summed E-state index contributed by atoms with van der Waals surface area (Å²) in [7, 11) is 0. The van der Waals surface area contributed by atoms with Crippen LogP contribution in [0.5, 0.6) is 0 Å². The van der Waals surface area contributed by atoms with Gasteiger partial charge in [0.25, 0.3) is 0 Å². The largest absolute Gasteiger partial charge is 0.480 e. The van der Waals surface area contributed by atoms with Gasteiger partial charge in [-0.05, 0) is 20.3 Å². The van der Waals surface area contributed by atoms with E-state index in [1.54, 1.807) is 17.0 Å². The van der Waals surface area contributed by atoms with E-state index in [2.05, 4.69) is 4.98 Å². The third kappa shape index (κ3) is 2.82. The smallest absolute Gasteiger partial charge is 0.323 e. The Hall–Kier alpha value is -1.89. The van der Waals surface area contributed by atoms with Crippen LogP contribution in [0, 0.1) is 0 Å². The maximum Gasteiger partial charge on any atom is 0.323 e. The van der Waals surface area contributed by atoms with E-state index in [0.29, 0.717) is 25.4 Å². The zero-order valence-electron chi connectivity index (χ0n) is 11.7. The molecule has 2 rings (SSSR count). The molecule has 0 aromatic carbocycles. The number of rotatable bonds is 6. The minimum absolute atomic E-state index is 0.171. The number of amides is 1. The molecule has 1 fully saturated rings. The van der Waals surface area contributed by atoms with Gasteiger partial charge in [-0.25, -0.2) is 4.98 Å². The van der Waals surface area contributed by atoms with Crippen molar-refractivity contribution in [2.24, 2.45) is 0 Å². The first kappa shape index (κ1) is 14.5. The summed E-state index contributed by atoms with van der Waals surface area (Å²) in [6, 6.07) is -0.380. The van der Waals surface area contributed by atoms with Gasteiger partial charge in [0.05, 0.1) is 0 Å². The van der Waals surface area contributed by atoms with Crippen molar-refractivity contribution >= 4 is 11.9 Å². The van der Waals surface area contributed by atoms with Gasteiger partial charge in [-0.1, -0.05) is 0 Å². The van der Waals surface area contributed by atoms with Crippen LogP contribution in [0.2, 0.25) is 0 Å². The Labute approximate surface area is 117 Å². The molecule has 20 heavy (non-hydrogen) atoms. The van der Waals surface area contributed by atoms with Crippen molar-refractivity contribution in [3.05, 3.63) is 18.2 Å². The molecule has 0 bridgehead atoms. The first-order chi connectivity index (χ1) is 9.54. The lowest BCUT2D eigenvalue weighted by atomic mass is 10.2. The molecule has 2 unspecified atom stereocenters. The molecule has 1 N–H and O–H groups in total. The number of ether oxygens (including phenoxy) is 1. The van der Waals surface area contributed by atoms with E-state index >= 15 is 0 Å². The van der Waals surface area contributed by atoms with Crippen LogP contribution in [0.4, 0.5) is 0 Å². The second-order valence-electron chi connectivity index (χ2n) is 4.75. The number of carboxylic acid groups (broad SMARTS) is 1. The molecule has 1 aromatic heterocycles. The lowest BCUT2D eigenvalue weighted by Crippen LogP contribution is -2.33. The summed E-state index contributed by atoms with van der Waals surface area (Å²) in [5, 5.41) is 8.79. The van der Waals surface area contributed by atoms with Crippen molar-refractivity contribution in [1.29, 1.82) is 0 Å². The Bertz CT molecular complexity index is 500. The van der Waals surface area contributed by atoms with Crippen molar-refractivity contribution in [3.63, 3.8) is 0 Å². The molecular formula is C13H19N3O4. The number of carbonyl (C=O) groups is 2. The van der Waals surface area contributed by atoms with Gasteiger partial charge >= 0.3 is 5.97 Å². The number of aliphatic carboxylic acids is 1. The van der Waals surface area contributed by atoms with Crippen LogP contribution in [0.15, 0.2) is 12.4 Å². The predicted octanol–water partition coefficient (Wildman–Crippen LogP) is 0.839. The minimum atomic E-state index is -0.993. The molecule has 7 heteroatoms. The maximum absolute atomic E-state index is 12.2. The Kier molecular flexibility index (Phi) is 4.39. The molecule has 0 spiro atoms. The molecule has 1 amide bonds. The number of likely N-dealkylation sites (tertiary alicyclic amines) is 1.